The summed E-state index contributed by atoms with van der Waals surface area (Å²) in [7, 11) is 0. The van der Waals surface area contributed by atoms with E-state index in [0.29, 0.717) is 5.95 Å². The third kappa shape index (κ3) is 3.86. The van der Waals surface area contributed by atoms with Crippen molar-refractivity contribution in [3.05, 3.63) is 36.0 Å². The monoisotopic (exact) mass is 274 g/mol. The minimum Gasteiger partial charge on any atom is -0.354 e. The predicted octanol–water partition coefficient (Wildman–Crippen LogP) is 3.68. The van der Waals surface area contributed by atoms with E-state index in [1.807, 2.05) is 19.9 Å². The molecule has 5 heteroatoms. The van der Waals surface area contributed by atoms with Gasteiger partial charge in [0.25, 0.3) is 0 Å². The molecule has 2 aromatic rings. The van der Waals surface area contributed by atoms with Crippen LogP contribution in [-0.4, -0.2) is 22.8 Å². The largest absolute Gasteiger partial charge is 0.354 e. The van der Waals surface area contributed by atoms with E-state index in [1.165, 1.54) is 4.90 Å². The van der Waals surface area contributed by atoms with Crippen LogP contribution >= 0.6 is 11.8 Å². The van der Waals surface area contributed by atoms with Gasteiger partial charge in [-0.25, -0.2) is 4.98 Å². The molecule has 1 aromatic heterocycles. The molecular weight excluding hydrogens is 256 g/mol. The number of thioether (sulfide) groups is 1. The number of nitrogens with one attached hydrogen (secondary N) is 2. The number of hydrogen-bond donors (Lipinski definition) is 2. The number of rotatable bonds is 5. The fourth-order valence-corrected chi connectivity index (χ4v) is 2.10. The first kappa shape index (κ1) is 13.7. The Kier molecular flexibility index (Phi) is 4.63. The minimum atomic E-state index is 0.658. The standard InChI is InChI=1S/C14H18N4S/c1-4-15-14-16-10(2)9-13(18-14)17-11-5-7-12(19-3)8-6-11/h5-9H,4H2,1-3H3,(H2,15,16,17,18). The van der Waals surface area contributed by atoms with E-state index in [-0.39, 0.29) is 0 Å². The van der Waals surface area contributed by atoms with E-state index in [1.54, 1.807) is 11.8 Å². The summed E-state index contributed by atoms with van der Waals surface area (Å²) in [6.07, 6.45) is 2.07. The van der Waals surface area contributed by atoms with Crippen molar-refractivity contribution in [2.45, 2.75) is 18.7 Å². The van der Waals surface area contributed by atoms with E-state index in [9.17, 15) is 0 Å². The lowest BCUT2D eigenvalue weighted by Crippen LogP contribution is -2.05. The fraction of sp³-hybridized carbons (Fsp3) is 0.286. The number of aromatic nitrogens is 2. The number of anilines is 3. The van der Waals surface area contributed by atoms with Gasteiger partial charge in [-0.15, -0.1) is 11.8 Å². The Hall–Kier alpha value is -1.75. The Morgan fingerprint density at radius 3 is 2.53 bits per heavy atom. The van der Waals surface area contributed by atoms with Gasteiger partial charge in [-0.3, -0.25) is 0 Å². The van der Waals surface area contributed by atoms with Crippen LogP contribution in [0.15, 0.2) is 35.2 Å². The van der Waals surface area contributed by atoms with E-state index < -0.39 is 0 Å². The van der Waals surface area contributed by atoms with E-state index in [2.05, 4.69) is 51.1 Å². The second kappa shape index (κ2) is 6.43. The molecule has 19 heavy (non-hydrogen) atoms. The third-order valence-electron chi connectivity index (χ3n) is 2.55. The second-order valence-corrected chi connectivity index (χ2v) is 4.98. The van der Waals surface area contributed by atoms with Crippen LogP contribution in [0.4, 0.5) is 17.5 Å². The minimum absolute atomic E-state index is 0.658. The molecule has 0 atom stereocenters. The lowest BCUT2D eigenvalue weighted by molar-refractivity contribution is 1.05. The van der Waals surface area contributed by atoms with Gasteiger partial charge in [0, 0.05) is 28.9 Å². The van der Waals surface area contributed by atoms with Crippen LogP contribution < -0.4 is 10.6 Å². The number of nitrogens with zero attached hydrogens (tertiary/aromatic N) is 2. The third-order valence-corrected chi connectivity index (χ3v) is 3.30. The zero-order valence-electron chi connectivity index (χ0n) is 11.4. The normalized spacial score (nSPS) is 10.3. The number of hydrogen-bond acceptors (Lipinski definition) is 5. The van der Waals surface area contributed by atoms with Gasteiger partial charge in [-0.2, -0.15) is 4.98 Å². The summed E-state index contributed by atoms with van der Waals surface area (Å²) in [5.41, 5.74) is 1.97. The number of aryl methyl sites for hydroxylation is 1. The molecule has 4 nitrogen and oxygen atoms in total. The molecule has 2 N–H and O–H groups in total. The molecule has 0 aliphatic rings. The average molecular weight is 274 g/mol. The maximum atomic E-state index is 4.42. The molecule has 0 saturated carbocycles. The molecule has 0 amide bonds. The molecule has 2 rings (SSSR count). The van der Waals surface area contributed by atoms with Gasteiger partial charge < -0.3 is 10.6 Å². The van der Waals surface area contributed by atoms with E-state index in [0.717, 1.165) is 23.7 Å². The molecular formula is C14H18N4S. The number of benzene rings is 1. The zero-order chi connectivity index (χ0) is 13.7. The lowest BCUT2D eigenvalue weighted by Gasteiger charge is -2.09. The van der Waals surface area contributed by atoms with Crippen molar-refractivity contribution < 1.29 is 0 Å². The topological polar surface area (TPSA) is 49.8 Å². The zero-order valence-corrected chi connectivity index (χ0v) is 12.2. The highest BCUT2D eigenvalue weighted by Gasteiger charge is 2.02. The summed E-state index contributed by atoms with van der Waals surface area (Å²) >= 11 is 1.73. The van der Waals surface area contributed by atoms with Crippen molar-refractivity contribution in [1.29, 1.82) is 0 Å². The first-order valence-corrected chi connectivity index (χ1v) is 7.44. The molecule has 0 spiro atoms. The quantitative estimate of drug-likeness (QED) is 0.814. The van der Waals surface area contributed by atoms with Crippen molar-refractivity contribution in [2.75, 3.05) is 23.4 Å². The smallest absolute Gasteiger partial charge is 0.224 e. The summed E-state index contributed by atoms with van der Waals surface area (Å²) in [5.74, 6) is 1.46. The highest BCUT2D eigenvalue weighted by atomic mass is 32.2. The second-order valence-electron chi connectivity index (χ2n) is 4.10. The van der Waals surface area contributed by atoms with Crippen LogP contribution in [0, 0.1) is 6.92 Å². The first-order valence-electron chi connectivity index (χ1n) is 6.22. The van der Waals surface area contributed by atoms with Crippen molar-refractivity contribution in [3.63, 3.8) is 0 Å². The molecule has 0 radical (unpaired) electrons. The molecule has 1 heterocycles. The van der Waals surface area contributed by atoms with Crippen LogP contribution in [0.1, 0.15) is 12.6 Å². The first-order chi connectivity index (χ1) is 9.21. The Balaban J connectivity index is 2.17. The molecule has 1 aromatic carbocycles. The Labute approximate surface area is 118 Å². The van der Waals surface area contributed by atoms with Crippen LogP contribution in [0.2, 0.25) is 0 Å². The molecule has 100 valence electrons. The molecule has 0 unspecified atom stereocenters. The maximum Gasteiger partial charge on any atom is 0.224 e. The van der Waals surface area contributed by atoms with E-state index >= 15 is 0 Å². The average Bonchev–Trinajstić information content (AvgIpc) is 2.39. The van der Waals surface area contributed by atoms with Gasteiger partial charge in [-0.1, -0.05) is 0 Å². The Morgan fingerprint density at radius 1 is 1.16 bits per heavy atom. The van der Waals surface area contributed by atoms with Crippen molar-refractivity contribution in [2.24, 2.45) is 0 Å². The SMILES string of the molecule is CCNc1nc(C)cc(Nc2ccc(SC)cc2)n1. The van der Waals surface area contributed by atoms with Crippen LogP contribution in [-0.2, 0) is 0 Å². The molecule has 0 aliphatic heterocycles. The van der Waals surface area contributed by atoms with Gasteiger partial charge in [0.1, 0.15) is 5.82 Å². The fourth-order valence-electron chi connectivity index (χ4n) is 1.69. The van der Waals surface area contributed by atoms with Crippen LogP contribution in [0.25, 0.3) is 0 Å². The molecule has 0 bridgehead atoms. The summed E-state index contributed by atoms with van der Waals surface area (Å²) in [6.45, 7) is 4.80. The highest BCUT2D eigenvalue weighted by molar-refractivity contribution is 7.98. The van der Waals surface area contributed by atoms with E-state index in [4.69, 9.17) is 0 Å². The summed E-state index contributed by atoms with van der Waals surface area (Å²) < 4.78 is 0. The van der Waals surface area contributed by atoms with Gasteiger partial charge in [0.2, 0.25) is 5.95 Å². The van der Waals surface area contributed by atoms with Gasteiger partial charge in [-0.05, 0) is 44.4 Å². The van der Waals surface area contributed by atoms with Gasteiger partial charge in [0.15, 0.2) is 0 Å². The maximum absolute atomic E-state index is 4.42. The Morgan fingerprint density at radius 2 is 1.89 bits per heavy atom. The summed E-state index contributed by atoms with van der Waals surface area (Å²) in [6, 6.07) is 10.2. The summed E-state index contributed by atoms with van der Waals surface area (Å²) in [5, 5.41) is 6.42. The van der Waals surface area contributed by atoms with Gasteiger partial charge in [0.05, 0.1) is 0 Å². The van der Waals surface area contributed by atoms with Crippen molar-refractivity contribution in [3.8, 4) is 0 Å². The Bertz CT molecular complexity index is 540. The predicted molar refractivity (Wildman–Crippen MR) is 82.4 cm³/mol. The molecule has 0 saturated heterocycles. The highest BCUT2D eigenvalue weighted by Crippen LogP contribution is 2.20. The van der Waals surface area contributed by atoms with Crippen LogP contribution in [0.5, 0.6) is 0 Å². The summed E-state index contributed by atoms with van der Waals surface area (Å²) in [4.78, 5) is 10.00. The lowest BCUT2D eigenvalue weighted by atomic mass is 10.3. The van der Waals surface area contributed by atoms with Crippen LogP contribution in [0.3, 0.4) is 0 Å². The molecule has 0 fully saturated rings. The van der Waals surface area contributed by atoms with Gasteiger partial charge >= 0.3 is 0 Å². The van der Waals surface area contributed by atoms with Crippen molar-refractivity contribution >= 4 is 29.2 Å². The molecule has 0 aliphatic carbocycles. The van der Waals surface area contributed by atoms with Crippen molar-refractivity contribution in [1.82, 2.24) is 9.97 Å².